The third-order valence-electron chi connectivity index (χ3n) is 2.45. The zero-order valence-electron chi connectivity index (χ0n) is 12.8. The lowest BCUT2D eigenvalue weighted by molar-refractivity contribution is 0.249. The molecular weight excluding hydrogens is 339 g/mol. The van der Waals surface area contributed by atoms with Crippen LogP contribution in [-0.2, 0) is 0 Å². The number of nitrogens with two attached hydrogens (primary N) is 1. The van der Waals surface area contributed by atoms with Crippen molar-refractivity contribution in [3.05, 3.63) is 0 Å². The van der Waals surface area contributed by atoms with Crippen molar-refractivity contribution in [3.8, 4) is 0 Å². The Bertz CT molecular complexity index is 237. The molecule has 0 aromatic carbocycles. The maximum atomic E-state index is 5.82. The second kappa shape index (κ2) is 9.83. The Morgan fingerprint density at radius 2 is 1.89 bits per heavy atom. The van der Waals surface area contributed by atoms with E-state index < -0.39 is 0 Å². The summed E-state index contributed by atoms with van der Waals surface area (Å²) in [5.74, 6) is 1.26. The number of aliphatic imine (C=N–C) groups is 1. The molecule has 0 rings (SSSR count). The molecule has 0 atom stereocenters. The van der Waals surface area contributed by atoms with Crippen molar-refractivity contribution < 1.29 is 0 Å². The van der Waals surface area contributed by atoms with Gasteiger partial charge >= 0.3 is 0 Å². The molecule has 0 saturated carbocycles. The molecule has 0 aromatic rings. The van der Waals surface area contributed by atoms with Crippen molar-refractivity contribution >= 4 is 29.9 Å². The average Bonchev–Trinajstić information content (AvgIpc) is 2.12. The van der Waals surface area contributed by atoms with Gasteiger partial charge in [0.05, 0.1) is 0 Å². The van der Waals surface area contributed by atoms with Gasteiger partial charge in [-0.1, -0.05) is 27.7 Å². The molecule has 5 heteroatoms. The summed E-state index contributed by atoms with van der Waals surface area (Å²) in [4.78, 5) is 6.58. The third-order valence-corrected chi connectivity index (χ3v) is 2.45. The Morgan fingerprint density at radius 3 is 2.33 bits per heavy atom. The first-order chi connectivity index (χ1) is 7.73. The zero-order valence-corrected chi connectivity index (χ0v) is 15.1. The Hall–Kier alpha value is -0.0400. The zero-order chi connectivity index (χ0) is 13.5. The maximum absolute atomic E-state index is 5.82. The molecule has 0 aliphatic carbocycles. The molecule has 0 unspecified atom stereocenters. The summed E-state index contributed by atoms with van der Waals surface area (Å²) in [6, 6.07) is 0. The standard InChI is InChI=1S/C13H30N4.HI/c1-11(2)7-8-15-12(14)16-9-13(3,4)10-17(5)6;/h11H,7-10H2,1-6H3,(H3,14,15,16);1H. The lowest BCUT2D eigenvalue weighted by atomic mass is 9.93. The van der Waals surface area contributed by atoms with Crippen LogP contribution in [0.1, 0.15) is 34.1 Å². The summed E-state index contributed by atoms with van der Waals surface area (Å²) in [6.07, 6.45) is 1.12. The van der Waals surface area contributed by atoms with Crippen LogP contribution in [0.4, 0.5) is 0 Å². The lowest BCUT2D eigenvalue weighted by Gasteiger charge is -2.26. The lowest BCUT2D eigenvalue weighted by Crippen LogP contribution is -2.36. The number of rotatable bonds is 7. The maximum Gasteiger partial charge on any atom is 0.188 e. The van der Waals surface area contributed by atoms with E-state index in [0.29, 0.717) is 11.9 Å². The molecule has 4 nitrogen and oxygen atoms in total. The SMILES string of the molecule is CC(C)CCNC(N)=NCC(C)(C)CN(C)C.I. The molecule has 0 aliphatic rings. The van der Waals surface area contributed by atoms with Gasteiger partial charge in [0.25, 0.3) is 0 Å². The van der Waals surface area contributed by atoms with Crippen molar-refractivity contribution in [2.75, 3.05) is 33.7 Å². The van der Waals surface area contributed by atoms with Crippen LogP contribution in [0, 0.1) is 11.3 Å². The molecule has 3 N–H and O–H groups in total. The number of nitrogens with zero attached hydrogens (tertiary/aromatic N) is 2. The van der Waals surface area contributed by atoms with Gasteiger partial charge in [-0.05, 0) is 31.8 Å². The van der Waals surface area contributed by atoms with Crippen LogP contribution < -0.4 is 11.1 Å². The number of nitrogens with one attached hydrogen (secondary N) is 1. The highest BCUT2D eigenvalue weighted by atomic mass is 127. The summed E-state index contributed by atoms with van der Waals surface area (Å²) in [7, 11) is 4.16. The first kappa shape index (κ1) is 20.3. The molecule has 0 aromatic heterocycles. The predicted octanol–water partition coefficient (Wildman–Crippen LogP) is 2.14. The first-order valence-electron chi connectivity index (χ1n) is 6.41. The van der Waals surface area contributed by atoms with Gasteiger partial charge in [0.2, 0.25) is 0 Å². The Balaban J connectivity index is 0. The highest BCUT2D eigenvalue weighted by Gasteiger charge is 2.18. The summed E-state index contributed by atoms with van der Waals surface area (Å²) in [6.45, 7) is 11.5. The topological polar surface area (TPSA) is 53.6 Å². The smallest absolute Gasteiger partial charge is 0.188 e. The predicted molar refractivity (Wildman–Crippen MR) is 91.7 cm³/mol. The van der Waals surface area contributed by atoms with E-state index in [-0.39, 0.29) is 29.4 Å². The summed E-state index contributed by atoms with van der Waals surface area (Å²) in [5.41, 5.74) is 5.98. The third kappa shape index (κ3) is 12.4. The molecule has 0 heterocycles. The van der Waals surface area contributed by atoms with E-state index in [0.717, 1.165) is 26.1 Å². The van der Waals surface area contributed by atoms with Gasteiger partial charge in [-0.15, -0.1) is 24.0 Å². The van der Waals surface area contributed by atoms with Gasteiger partial charge < -0.3 is 16.0 Å². The van der Waals surface area contributed by atoms with E-state index >= 15 is 0 Å². The first-order valence-corrected chi connectivity index (χ1v) is 6.41. The van der Waals surface area contributed by atoms with Crippen LogP contribution in [0.15, 0.2) is 4.99 Å². The van der Waals surface area contributed by atoms with Gasteiger partial charge in [-0.2, -0.15) is 0 Å². The Kier molecular flexibility index (Phi) is 11.1. The Labute approximate surface area is 130 Å². The van der Waals surface area contributed by atoms with E-state index in [9.17, 15) is 0 Å². The fourth-order valence-corrected chi connectivity index (χ4v) is 1.75. The highest BCUT2D eigenvalue weighted by Crippen LogP contribution is 2.15. The molecule has 0 radical (unpaired) electrons. The Morgan fingerprint density at radius 1 is 1.33 bits per heavy atom. The van der Waals surface area contributed by atoms with Crippen LogP contribution in [0.25, 0.3) is 0 Å². The minimum Gasteiger partial charge on any atom is -0.370 e. The van der Waals surface area contributed by atoms with Crippen molar-refractivity contribution in [3.63, 3.8) is 0 Å². The normalized spacial score (nSPS) is 12.8. The molecule has 0 aliphatic heterocycles. The van der Waals surface area contributed by atoms with E-state index in [4.69, 9.17) is 5.73 Å². The molecule has 0 spiro atoms. The average molecular weight is 370 g/mol. The van der Waals surface area contributed by atoms with Gasteiger partial charge in [-0.25, -0.2) is 0 Å². The van der Waals surface area contributed by atoms with E-state index in [1.165, 1.54) is 0 Å². The number of halogens is 1. The molecule has 0 amide bonds. The molecule has 110 valence electrons. The van der Waals surface area contributed by atoms with E-state index in [1.54, 1.807) is 0 Å². The molecular formula is C13H31IN4. The van der Waals surface area contributed by atoms with Crippen molar-refractivity contribution in [1.82, 2.24) is 10.2 Å². The highest BCUT2D eigenvalue weighted by molar-refractivity contribution is 14.0. The van der Waals surface area contributed by atoms with Crippen LogP contribution in [0.2, 0.25) is 0 Å². The quantitative estimate of drug-likeness (QED) is 0.410. The number of hydrogen-bond donors (Lipinski definition) is 2. The monoisotopic (exact) mass is 370 g/mol. The fourth-order valence-electron chi connectivity index (χ4n) is 1.75. The van der Waals surface area contributed by atoms with Gasteiger partial charge in [0.15, 0.2) is 5.96 Å². The molecule has 18 heavy (non-hydrogen) atoms. The van der Waals surface area contributed by atoms with E-state index in [1.807, 2.05) is 0 Å². The van der Waals surface area contributed by atoms with Crippen LogP contribution in [-0.4, -0.2) is 44.6 Å². The van der Waals surface area contributed by atoms with Gasteiger partial charge in [0, 0.05) is 19.6 Å². The van der Waals surface area contributed by atoms with Gasteiger partial charge in [0.1, 0.15) is 0 Å². The second-order valence-electron chi connectivity index (χ2n) is 6.21. The van der Waals surface area contributed by atoms with Crippen LogP contribution in [0.5, 0.6) is 0 Å². The van der Waals surface area contributed by atoms with E-state index in [2.05, 4.69) is 57.0 Å². The minimum absolute atomic E-state index is 0. The summed E-state index contributed by atoms with van der Waals surface area (Å²) < 4.78 is 0. The largest absolute Gasteiger partial charge is 0.370 e. The fraction of sp³-hybridized carbons (Fsp3) is 0.923. The van der Waals surface area contributed by atoms with Gasteiger partial charge in [-0.3, -0.25) is 4.99 Å². The second-order valence-corrected chi connectivity index (χ2v) is 6.21. The number of guanidine groups is 1. The van der Waals surface area contributed by atoms with Crippen molar-refractivity contribution in [1.29, 1.82) is 0 Å². The van der Waals surface area contributed by atoms with Crippen LogP contribution >= 0.6 is 24.0 Å². The minimum atomic E-state index is 0. The number of hydrogen-bond acceptors (Lipinski definition) is 2. The summed E-state index contributed by atoms with van der Waals surface area (Å²) >= 11 is 0. The molecule has 0 fully saturated rings. The summed E-state index contributed by atoms with van der Waals surface area (Å²) in [5, 5.41) is 3.15. The van der Waals surface area contributed by atoms with Crippen molar-refractivity contribution in [2.45, 2.75) is 34.1 Å². The van der Waals surface area contributed by atoms with Crippen molar-refractivity contribution in [2.24, 2.45) is 22.1 Å². The van der Waals surface area contributed by atoms with Crippen LogP contribution in [0.3, 0.4) is 0 Å². The molecule has 0 saturated heterocycles. The molecule has 0 bridgehead atoms.